The molecule has 1 unspecified atom stereocenters. The summed E-state index contributed by atoms with van der Waals surface area (Å²) in [4.78, 5) is 19.1. The first-order valence-electron chi connectivity index (χ1n) is 11.4. The number of fused-ring (bicyclic) bond motifs is 1. The zero-order valence-corrected chi connectivity index (χ0v) is 21.2. The molecule has 0 spiro atoms. The predicted octanol–water partition coefficient (Wildman–Crippen LogP) is 3.16. The number of nitrogens with one attached hydrogen (secondary N) is 3. The van der Waals surface area contributed by atoms with E-state index in [0.717, 1.165) is 11.6 Å². The fraction of sp³-hybridized carbons (Fsp3) is 0.200. The number of carbonyl (C=O) groups is 1. The van der Waals surface area contributed by atoms with Crippen LogP contribution in [0.3, 0.4) is 0 Å². The molecule has 0 aliphatic carbocycles. The van der Waals surface area contributed by atoms with Crippen LogP contribution in [0, 0.1) is 12.7 Å². The van der Waals surface area contributed by atoms with E-state index in [1.165, 1.54) is 12.1 Å². The van der Waals surface area contributed by atoms with E-state index < -0.39 is 43.1 Å². The number of halogens is 1. The van der Waals surface area contributed by atoms with Crippen molar-refractivity contribution in [2.75, 3.05) is 0 Å². The lowest BCUT2D eigenvalue weighted by molar-refractivity contribution is -0.118. The van der Waals surface area contributed by atoms with Gasteiger partial charge >= 0.3 is 0 Å². The Hall–Kier alpha value is -3.61. The summed E-state index contributed by atoms with van der Waals surface area (Å²) in [5.74, 6) is -0.816. The van der Waals surface area contributed by atoms with Gasteiger partial charge < -0.3 is 4.98 Å². The second-order valence-corrected chi connectivity index (χ2v) is 12.5. The first-order chi connectivity index (χ1) is 17.5. The van der Waals surface area contributed by atoms with Crippen molar-refractivity contribution in [1.82, 2.24) is 19.4 Å². The molecule has 192 valence electrons. The molecule has 2 atom stereocenters. The average molecular weight is 543 g/mol. The van der Waals surface area contributed by atoms with E-state index in [1.807, 2.05) is 22.9 Å². The lowest BCUT2D eigenvalue weighted by Gasteiger charge is -2.18. The Bertz CT molecular complexity index is 1680. The number of para-hydroxylation sites is 2. The third kappa shape index (κ3) is 5.13. The number of rotatable bonds is 7. The number of benzene rings is 3. The number of H-pyrrole nitrogens is 1. The Kier molecular flexibility index (Phi) is 6.34. The topological polar surface area (TPSA) is 138 Å². The summed E-state index contributed by atoms with van der Waals surface area (Å²) in [5.41, 5.74) is 2.86. The number of imidazole rings is 1. The number of aromatic amines is 1. The first kappa shape index (κ1) is 25.1. The molecule has 1 aliphatic heterocycles. The number of carbonyl (C=O) groups excluding carboxylic acids is 1. The normalized spacial score (nSPS) is 18.1. The molecule has 5 rings (SSSR count). The highest BCUT2D eigenvalue weighted by Gasteiger charge is 2.37. The molecule has 12 heteroatoms. The zero-order chi connectivity index (χ0) is 26.4. The second-order valence-electron chi connectivity index (χ2n) is 8.93. The Morgan fingerprint density at radius 2 is 1.84 bits per heavy atom. The third-order valence-corrected chi connectivity index (χ3v) is 9.45. The van der Waals surface area contributed by atoms with Crippen LogP contribution in [0.25, 0.3) is 11.0 Å². The molecule has 0 bridgehead atoms. The third-order valence-electron chi connectivity index (χ3n) is 6.28. The van der Waals surface area contributed by atoms with Gasteiger partial charge in [0.05, 0.1) is 28.4 Å². The Morgan fingerprint density at radius 3 is 2.49 bits per heavy atom. The molecule has 1 aliphatic rings. The molecule has 4 aromatic rings. The van der Waals surface area contributed by atoms with E-state index in [4.69, 9.17) is 0 Å². The van der Waals surface area contributed by atoms with Crippen molar-refractivity contribution in [1.29, 1.82) is 0 Å². The fourth-order valence-corrected chi connectivity index (χ4v) is 6.92. The number of aryl methyl sites for hydroxylation is 1. The lowest BCUT2D eigenvalue weighted by Crippen LogP contribution is -2.31. The lowest BCUT2D eigenvalue weighted by atomic mass is 10.0. The molecule has 1 aromatic heterocycles. The summed E-state index contributed by atoms with van der Waals surface area (Å²) in [6, 6.07) is 16.7. The molecule has 1 fully saturated rings. The van der Waals surface area contributed by atoms with Gasteiger partial charge in [0, 0.05) is 0 Å². The zero-order valence-electron chi connectivity index (χ0n) is 19.6. The average Bonchev–Trinajstić information content (AvgIpc) is 3.40. The van der Waals surface area contributed by atoms with Gasteiger partial charge in [0.1, 0.15) is 16.9 Å². The van der Waals surface area contributed by atoms with Crippen LogP contribution >= 0.6 is 0 Å². The number of hydrogen-bond acceptors (Lipinski definition) is 6. The summed E-state index contributed by atoms with van der Waals surface area (Å²) in [7, 11) is -7.90. The Balaban J connectivity index is 1.47. The van der Waals surface area contributed by atoms with E-state index in [2.05, 4.69) is 14.7 Å². The smallest absolute Gasteiger partial charge is 0.242 e. The van der Waals surface area contributed by atoms with Gasteiger partial charge in [-0.3, -0.25) is 9.52 Å². The Labute approximate surface area is 213 Å². The highest BCUT2D eigenvalue weighted by molar-refractivity contribution is 7.90. The predicted molar refractivity (Wildman–Crippen MR) is 135 cm³/mol. The number of hydrogen-bond donors (Lipinski definition) is 3. The van der Waals surface area contributed by atoms with Crippen molar-refractivity contribution in [2.24, 2.45) is 0 Å². The molecule has 37 heavy (non-hydrogen) atoms. The van der Waals surface area contributed by atoms with Gasteiger partial charge in [-0.2, -0.15) is 0 Å². The van der Waals surface area contributed by atoms with Crippen molar-refractivity contribution in [2.45, 2.75) is 36.0 Å². The summed E-state index contributed by atoms with van der Waals surface area (Å²) < 4.78 is 69.5. The highest BCUT2D eigenvalue weighted by Crippen LogP contribution is 2.31. The summed E-state index contributed by atoms with van der Waals surface area (Å²) in [6.07, 6.45) is 0.0124. The van der Waals surface area contributed by atoms with Crippen LogP contribution in [0.15, 0.2) is 71.6 Å². The molecule has 1 amide bonds. The fourth-order valence-electron chi connectivity index (χ4n) is 4.28. The monoisotopic (exact) mass is 542 g/mol. The van der Waals surface area contributed by atoms with Crippen molar-refractivity contribution < 1.29 is 26.0 Å². The minimum atomic E-state index is -4.12. The van der Waals surface area contributed by atoms with Crippen molar-refractivity contribution in [3.05, 3.63) is 95.1 Å². The van der Waals surface area contributed by atoms with Crippen molar-refractivity contribution >= 4 is 37.0 Å². The van der Waals surface area contributed by atoms with Gasteiger partial charge in [-0.05, 0) is 54.3 Å². The molecular weight excluding hydrogens is 519 g/mol. The SMILES string of the molecule is Cc1ccc(S(=O)(=O)N[C@@H](Cc2ccc(C3CC(=O)NS3(=O)=O)cc2)c2nc3ccccc3[nH]2)cc1F. The van der Waals surface area contributed by atoms with Gasteiger partial charge in [0.15, 0.2) is 0 Å². The van der Waals surface area contributed by atoms with Crippen LogP contribution in [0.4, 0.5) is 4.39 Å². The Morgan fingerprint density at radius 1 is 1.11 bits per heavy atom. The molecule has 0 radical (unpaired) electrons. The minimum Gasteiger partial charge on any atom is -0.341 e. The van der Waals surface area contributed by atoms with Gasteiger partial charge in [0.2, 0.25) is 26.0 Å². The van der Waals surface area contributed by atoms with Crippen LogP contribution < -0.4 is 9.44 Å². The number of amides is 1. The van der Waals surface area contributed by atoms with E-state index >= 15 is 0 Å². The van der Waals surface area contributed by atoms with E-state index in [0.29, 0.717) is 28.0 Å². The number of sulfonamides is 2. The summed E-state index contributed by atoms with van der Waals surface area (Å²) in [5, 5.41) is -0.977. The molecule has 3 aromatic carbocycles. The van der Waals surface area contributed by atoms with Crippen molar-refractivity contribution in [3.8, 4) is 0 Å². The van der Waals surface area contributed by atoms with Crippen LogP contribution in [-0.4, -0.2) is 32.7 Å². The van der Waals surface area contributed by atoms with E-state index in [9.17, 15) is 26.0 Å². The minimum absolute atomic E-state index is 0.157. The van der Waals surface area contributed by atoms with Gasteiger partial charge in [-0.15, -0.1) is 0 Å². The summed E-state index contributed by atoms with van der Waals surface area (Å²) >= 11 is 0. The molecule has 9 nitrogen and oxygen atoms in total. The highest BCUT2D eigenvalue weighted by atomic mass is 32.2. The van der Waals surface area contributed by atoms with Crippen molar-refractivity contribution in [3.63, 3.8) is 0 Å². The maximum absolute atomic E-state index is 14.1. The maximum atomic E-state index is 14.1. The second kappa shape index (κ2) is 9.36. The molecule has 3 N–H and O–H groups in total. The number of nitrogens with zero attached hydrogens (tertiary/aromatic N) is 1. The number of aromatic nitrogens is 2. The van der Waals surface area contributed by atoms with Crippen LogP contribution in [0.1, 0.15) is 40.2 Å². The molecule has 1 saturated heterocycles. The largest absolute Gasteiger partial charge is 0.341 e. The quantitative estimate of drug-likeness (QED) is 0.328. The first-order valence-corrected chi connectivity index (χ1v) is 14.4. The molecule has 2 heterocycles. The van der Waals surface area contributed by atoms with E-state index in [1.54, 1.807) is 37.3 Å². The van der Waals surface area contributed by atoms with E-state index in [-0.39, 0.29) is 17.7 Å². The van der Waals surface area contributed by atoms with Crippen LogP contribution in [0.5, 0.6) is 0 Å². The van der Waals surface area contributed by atoms with Crippen LogP contribution in [-0.2, 0) is 31.3 Å². The van der Waals surface area contributed by atoms with Crippen LogP contribution in [0.2, 0.25) is 0 Å². The molecular formula is C25H23FN4O5S2. The molecule has 0 saturated carbocycles. The van der Waals surface area contributed by atoms with Gasteiger partial charge in [-0.25, -0.2) is 30.9 Å². The van der Waals surface area contributed by atoms with Gasteiger partial charge in [0.25, 0.3) is 0 Å². The van der Waals surface area contributed by atoms with Gasteiger partial charge in [-0.1, -0.05) is 42.5 Å². The summed E-state index contributed by atoms with van der Waals surface area (Å²) in [6.45, 7) is 1.54. The maximum Gasteiger partial charge on any atom is 0.242 e. The standard InChI is InChI=1S/C25H23FN4O5S2/c1-15-6-11-18(13-19(15)26)36(32,33)29-22(25-27-20-4-2-3-5-21(20)28-25)12-16-7-9-17(10-8-16)23-14-24(31)30-37(23,34)35/h2-11,13,22-23,29H,12,14H2,1H3,(H,27,28)(H,30,31)/t22-,23?/m0/s1.